The van der Waals surface area contributed by atoms with Gasteiger partial charge in [-0.2, -0.15) is 0 Å². The highest BCUT2D eigenvalue weighted by Crippen LogP contribution is 2.34. The van der Waals surface area contributed by atoms with Gasteiger partial charge in [-0.05, 0) is 84.8 Å². The van der Waals surface area contributed by atoms with Crippen LogP contribution in [0.4, 0.5) is 5.88 Å². The van der Waals surface area contributed by atoms with Crippen LogP contribution in [-0.4, -0.2) is 48.3 Å². The summed E-state index contributed by atoms with van der Waals surface area (Å²) in [5.74, 6) is 3.20. The van der Waals surface area contributed by atoms with E-state index in [1.807, 2.05) is 41.7 Å². The minimum Gasteiger partial charge on any atom is -0.466 e. The molecule has 0 bridgehead atoms. The first-order valence-corrected chi connectivity index (χ1v) is 13.5. The molecule has 7 nitrogen and oxygen atoms in total. The van der Waals surface area contributed by atoms with Crippen LogP contribution >= 0.6 is 0 Å². The van der Waals surface area contributed by atoms with Gasteiger partial charge in [0.1, 0.15) is 5.76 Å². The molecule has 36 heavy (non-hydrogen) atoms. The Kier molecular flexibility index (Phi) is 10.8. The van der Waals surface area contributed by atoms with Gasteiger partial charge in [0.25, 0.3) is 0 Å². The van der Waals surface area contributed by atoms with Crippen molar-refractivity contribution in [2.24, 2.45) is 17.8 Å². The van der Waals surface area contributed by atoms with E-state index in [1.165, 1.54) is 0 Å². The summed E-state index contributed by atoms with van der Waals surface area (Å²) in [6.07, 6.45) is 6.45. The van der Waals surface area contributed by atoms with E-state index in [-0.39, 0.29) is 5.91 Å². The number of nitrogens with one attached hydrogen (secondary N) is 1. The monoisotopic (exact) mass is 503 g/mol. The number of hydrogen-bond donors (Lipinski definition) is 1. The van der Waals surface area contributed by atoms with Crippen LogP contribution in [0, 0.1) is 17.8 Å². The lowest BCUT2D eigenvalue weighted by Gasteiger charge is -2.37. The van der Waals surface area contributed by atoms with Gasteiger partial charge >= 0.3 is 0 Å². The second-order valence-corrected chi connectivity index (χ2v) is 11.4. The largest absolute Gasteiger partial charge is 0.466 e. The predicted molar refractivity (Wildman–Crippen MR) is 146 cm³/mol. The fourth-order valence-electron chi connectivity index (χ4n) is 4.40. The maximum Gasteiger partial charge on any atom is 0.246 e. The minimum absolute atomic E-state index is 0.137. The molecular weight excluding hydrogens is 454 g/mol. The number of rotatable bonds is 13. The van der Waals surface area contributed by atoms with E-state index in [2.05, 4.69) is 48.8 Å². The minimum atomic E-state index is -0.708. The molecule has 0 saturated carbocycles. The third kappa shape index (κ3) is 7.69. The molecule has 0 spiro atoms. The van der Waals surface area contributed by atoms with Crippen LogP contribution in [-0.2, 0) is 19.7 Å². The second-order valence-electron chi connectivity index (χ2n) is 11.4. The summed E-state index contributed by atoms with van der Waals surface area (Å²) < 4.78 is 17.1. The van der Waals surface area contributed by atoms with Crippen molar-refractivity contribution >= 4 is 11.8 Å². The van der Waals surface area contributed by atoms with Crippen LogP contribution in [0.2, 0.25) is 0 Å². The van der Waals surface area contributed by atoms with Gasteiger partial charge < -0.3 is 14.0 Å². The van der Waals surface area contributed by atoms with Gasteiger partial charge in [0.05, 0.1) is 22.4 Å². The summed E-state index contributed by atoms with van der Waals surface area (Å²) >= 11 is 0. The smallest absolute Gasteiger partial charge is 0.246 e. The van der Waals surface area contributed by atoms with Gasteiger partial charge in [-0.1, -0.05) is 38.9 Å². The fraction of sp³-hybridized carbons (Fsp3) is 0.724. The van der Waals surface area contributed by atoms with Gasteiger partial charge in [0.2, 0.25) is 11.8 Å². The second kappa shape index (κ2) is 12.9. The zero-order chi connectivity index (χ0) is 27.1. The molecule has 1 fully saturated rings. The number of likely N-dealkylation sites (N-methyl/N-ethyl adjacent to an activating group) is 1. The number of amides is 1. The fourth-order valence-corrected chi connectivity index (χ4v) is 4.40. The SMILES string of the molecule is C=C(OC(C)=CC(CC)C(C)CC)C(C)(C)c1cc(NC(=O)C(C)(C)N(C)CC2CCOCC2)on1. The standard InChI is InChI=1S/C29H49N3O4/c1-11-20(3)24(12-2)17-21(4)35-22(5)28(6,7)25-18-26(36-31-25)30-27(33)29(8,9)32(10)19-23-13-15-34-16-14-23/h17-18,20,23-24H,5,11-16,19H2,1-4,6-10H3,(H,30,33). The molecule has 0 aliphatic carbocycles. The average molecular weight is 504 g/mol. The van der Waals surface area contributed by atoms with Gasteiger partial charge in [-0.25, -0.2) is 0 Å². The van der Waals surface area contributed by atoms with Crippen molar-refractivity contribution < 1.29 is 18.8 Å². The molecular formula is C29H49N3O4. The van der Waals surface area contributed by atoms with Crippen LogP contribution < -0.4 is 5.32 Å². The molecule has 1 N–H and O–H groups in total. The maximum atomic E-state index is 13.2. The van der Waals surface area contributed by atoms with Crippen LogP contribution in [0.1, 0.15) is 86.8 Å². The predicted octanol–water partition coefficient (Wildman–Crippen LogP) is 6.53. The molecule has 204 valence electrons. The van der Waals surface area contributed by atoms with E-state index in [9.17, 15) is 4.79 Å². The Bertz CT molecular complexity index is 896. The Morgan fingerprint density at radius 3 is 2.50 bits per heavy atom. The molecule has 7 heteroatoms. The number of hydrogen-bond acceptors (Lipinski definition) is 6. The van der Waals surface area contributed by atoms with E-state index in [0.29, 0.717) is 35.1 Å². The first-order chi connectivity index (χ1) is 16.8. The summed E-state index contributed by atoms with van der Waals surface area (Å²) in [6, 6.07) is 1.76. The topological polar surface area (TPSA) is 76.8 Å². The normalized spacial score (nSPS) is 17.7. The Morgan fingerprint density at radius 2 is 1.92 bits per heavy atom. The van der Waals surface area contributed by atoms with E-state index in [4.69, 9.17) is 14.0 Å². The summed E-state index contributed by atoms with van der Waals surface area (Å²) in [7, 11) is 1.99. The maximum absolute atomic E-state index is 13.2. The van der Waals surface area contributed by atoms with Crippen LogP contribution in [0.3, 0.4) is 0 Å². The van der Waals surface area contributed by atoms with Crippen molar-refractivity contribution in [2.75, 3.05) is 32.1 Å². The molecule has 1 saturated heterocycles. The van der Waals surface area contributed by atoms with Crippen molar-refractivity contribution in [3.05, 3.63) is 35.9 Å². The Labute approximate surface area is 218 Å². The summed E-state index contributed by atoms with van der Waals surface area (Å²) in [4.78, 5) is 15.3. The average Bonchev–Trinajstić information content (AvgIpc) is 3.31. The quantitative estimate of drug-likeness (QED) is 0.308. The van der Waals surface area contributed by atoms with Crippen molar-refractivity contribution in [2.45, 2.75) is 92.0 Å². The number of aromatic nitrogens is 1. The molecule has 2 rings (SSSR count). The van der Waals surface area contributed by atoms with Gasteiger partial charge in [-0.3, -0.25) is 15.0 Å². The van der Waals surface area contributed by atoms with E-state index < -0.39 is 11.0 Å². The van der Waals surface area contributed by atoms with Crippen LogP contribution in [0.25, 0.3) is 0 Å². The summed E-state index contributed by atoms with van der Waals surface area (Å²) in [6.45, 7) is 23.1. The third-order valence-corrected chi connectivity index (χ3v) is 8.05. The summed E-state index contributed by atoms with van der Waals surface area (Å²) in [5, 5.41) is 7.14. The number of carbonyl (C=O) groups excluding carboxylic acids is 1. The van der Waals surface area contributed by atoms with Gasteiger partial charge in [-0.15, -0.1) is 0 Å². The van der Waals surface area contributed by atoms with Crippen LogP contribution in [0.5, 0.6) is 0 Å². The lowest BCUT2D eigenvalue weighted by molar-refractivity contribution is -0.126. The lowest BCUT2D eigenvalue weighted by Crippen LogP contribution is -2.52. The molecule has 1 aromatic heterocycles. The van der Waals surface area contributed by atoms with E-state index >= 15 is 0 Å². The number of allylic oxidation sites excluding steroid dienone is 3. The first kappa shape index (κ1) is 30.1. The summed E-state index contributed by atoms with van der Waals surface area (Å²) in [5.41, 5.74) is -0.659. The van der Waals surface area contributed by atoms with Crippen molar-refractivity contribution in [3.63, 3.8) is 0 Å². The Hall–Kier alpha value is -2.12. The Morgan fingerprint density at radius 1 is 1.28 bits per heavy atom. The van der Waals surface area contributed by atoms with Gasteiger partial charge in [0, 0.05) is 25.8 Å². The highest BCUT2D eigenvalue weighted by Gasteiger charge is 2.36. The van der Waals surface area contributed by atoms with Crippen LogP contribution in [0.15, 0.2) is 34.8 Å². The van der Waals surface area contributed by atoms with Crippen molar-refractivity contribution in [1.82, 2.24) is 10.1 Å². The number of carbonyl (C=O) groups is 1. The number of anilines is 1. The zero-order valence-electron chi connectivity index (χ0n) is 24.1. The highest BCUT2D eigenvalue weighted by molar-refractivity contribution is 5.96. The molecule has 2 unspecified atom stereocenters. The number of ether oxygens (including phenoxy) is 2. The molecule has 1 aromatic rings. The van der Waals surface area contributed by atoms with Gasteiger partial charge in [0.15, 0.2) is 0 Å². The number of nitrogens with zero attached hydrogens (tertiary/aromatic N) is 2. The molecule has 2 atom stereocenters. The molecule has 1 aliphatic rings. The highest BCUT2D eigenvalue weighted by atomic mass is 16.5. The molecule has 0 aromatic carbocycles. The third-order valence-electron chi connectivity index (χ3n) is 8.05. The Balaban J connectivity index is 2.03. The molecule has 2 heterocycles. The zero-order valence-corrected chi connectivity index (χ0v) is 24.1. The molecule has 1 amide bonds. The molecule has 1 aliphatic heterocycles. The van der Waals surface area contributed by atoms with Crippen molar-refractivity contribution in [1.29, 1.82) is 0 Å². The first-order valence-electron chi connectivity index (χ1n) is 13.5. The molecule has 0 radical (unpaired) electrons. The van der Waals surface area contributed by atoms with E-state index in [0.717, 1.165) is 51.2 Å². The van der Waals surface area contributed by atoms with E-state index in [1.54, 1.807) is 6.07 Å². The van der Waals surface area contributed by atoms with Crippen molar-refractivity contribution in [3.8, 4) is 0 Å². The lowest BCUT2D eigenvalue weighted by atomic mass is 9.87.